The summed E-state index contributed by atoms with van der Waals surface area (Å²) in [7, 11) is 1.89. The number of nitrogens with zero attached hydrogens (tertiary/aromatic N) is 1. The predicted molar refractivity (Wildman–Crippen MR) is 71.1 cm³/mol. The zero-order valence-electron chi connectivity index (χ0n) is 10.5. The van der Waals surface area contributed by atoms with Gasteiger partial charge in [-0.25, -0.2) is 0 Å². The molecule has 0 spiro atoms. The van der Waals surface area contributed by atoms with Crippen molar-refractivity contribution < 1.29 is 4.79 Å². The van der Waals surface area contributed by atoms with Crippen molar-refractivity contribution in [1.29, 1.82) is 0 Å². The van der Waals surface area contributed by atoms with Crippen LogP contribution in [0.1, 0.15) is 31.1 Å². The first kappa shape index (κ1) is 12.6. The Morgan fingerprint density at radius 1 is 1.59 bits per heavy atom. The van der Waals surface area contributed by atoms with E-state index in [1.165, 1.54) is 11.3 Å². The Kier molecular flexibility index (Phi) is 3.84. The van der Waals surface area contributed by atoms with E-state index in [0.717, 1.165) is 19.4 Å². The topological polar surface area (TPSA) is 32.3 Å². The molecule has 1 unspecified atom stereocenters. The summed E-state index contributed by atoms with van der Waals surface area (Å²) in [5.41, 5.74) is -0.357. The fourth-order valence-electron chi connectivity index (χ4n) is 2.37. The fourth-order valence-corrected chi connectivity index (χ4v) is 3.13. The molecule has 0 aliphatic carbocycles. The number of likely N-dealkylation sites (N-methyl/N-ethyl adjacent to an activating group) is 1. The largest absolute Gasteiger partial charge is 0.339 e. The second-order valence-electron chi connectivity index (χ2n) is 4.96. The average molecular weight is 252 g/mol. The van der Waals surface area contributed by atoms with Crippen molar-refractivity contribution >= 4 is 17.2 Å². The Morgan fingerprint density at radius 3 is 3.00 bits per heavy atom. The van der Waals surface area contributed by atoms with Gasteiger partial charge in [0.1, 0.15) is 0 Å². The molecule has 0 aromatic carbocycles. The molecule has 3 nitrogen and oxygen atoms in total. The number of amides is 1. The maximum atomic E-state index is 12.4. The molecule has 1 amide bonds. The van der Waals surface area contributed by atoms with E-state index in [0.29, 0.717) is 6.54 Å². The molecular formula is C13H20N2OS. The minimum absolute atomic E-state index is 0.214. The summed E-state index contributed by atoms with van der Waals surface area (Å²) in [4.78, 5) is 15.5. The summed E-state index contributed by atoms with van der Waals surface area (Å²) in [5.74, 6) is 0.214. The SMILES string of the molecule is CN(Cc1cccs1)C(=O)C1(C)CCCCN1. The van der Waals surface area contributed by atoms with Gasteiger partial charge < -0.3 is 10.2 Å². The zero-order valence-corrected chi connectivity index (χ0v) is 11.3. The predicted octanol–water partition coefficient (Wildman–Crippen LogP) is 2.24. The molecule has 0 radical (unpaired) electrons. The summed E-state index contributed by atoms with van der Waals surface area (Å²) in [6, 6.07) is 4.10. The normalized spacial score (nSPS) is 24.6. The molecule has 1 fully saturated rings. The number of hydrogen-bond donors (Lipinski definition) is 1. The number of nitrogens with one attached hydrogen (secondary N) is 1. The minimum Gasteiger partial charge on any atom is -0.339 e. The lowest BCUT2D eigenvalue weighted by molar-refractivity contribution is -0.137. The van der Waals surface area contributed by atoms with Gasteiger partial charge in [-0.05, 0) is 44.2 Å². The maximum absolute atomic E-state index is 12.4. The third-order valence-corrected chi connectivity index (χ3v) is 4.27. The highest BCUT2D eigenvalue weighted by atomic mass is 32.1. The van der Waals surface area contributed by atoms with Crippen LogP contribution in [0.2, 0.25) is 0 Å². The lowest BCUT2D eigenvalue weighted by atomic mass is 9.89. The number of carbonyl (C=O) groups excluding carboxylic acids is 1. The molecule has 2 rings (SSSR count). The van der Waals surface area contributed by atoms with Gasteiger partial charge in [0.2, 0.25) is 5.91 Å². The third-order valence-electron chi connectivity index (χ3n) is 3.41. The van der Waals surface area contributed by atoms with E-state index in [1.54, 1.807) is 11.3 Å². The van der Waals surface area contributed by atoms with Crippen LogP contribution >= 0.6 is 11.3 Å². The highest BCUT2D eigenvalue weighted by Crippen LogP contribution is 2.22. The summed E-state index contributed by atoms with van der Waals surface area (Å²) in [6.45, 7) is 3.70. The van der Waals surface area contributed by atoms with Crippen LogP contribution in [-0.4, -0.2) is 29.9 Å². The molecular weight excluding hydrogens is 232 g/mol. The number of rotatable bonds is 3. The Bertz CT molecular complexity index is 369. The van der Waals surface area contributed by atoms with Crippen molar-refractivity contribution in [3.8, 4) is 0 Å². The van der Waals surface area contributed by atoms with E-state index in [4.69, 9.17) is 0 Å². The highest BCUT2D eigenvalue weighted by Gasteiger charge is 2.36. The van der Waals surface area contributed by atoms with Crippen molar-refractivity contribution in [2.24, 2.45) is 0 Å². The molecule has 1 aromatic rings. The Morgan fingerprint density at radius 2 is 2.41 bits per heavy atom. The fraction of sp³-hybridized carbons (Fsp3) is 0.615. The molecule has 4 heteroatoms. The van der Waals surface area contributed by atoms with Crippen molar-refractivity contribution in [2.75, 3.05) is 13.6 Å². The Balaban J connectivity index is 1.98. The van der Waals surface area contributed by atoms with Gasteiger partial charge in [0.05, 0.1) is 12.1 Å². The standard InChI is InChI=1S/C13H20N2OS/c1-13(7-3-4-8-14-13)12(16)15(2)10-11-6-5-9-17-11/h5-6,9,14H,3-4,7-8,10H2,1-2H3. The molecule has 0 bridgehead atoms. The lowest BCUT2D eigenvalue weighted by Gasteiger charge is -2.36. The van der Waals surface area contributed by atoms with Crippen LogP contribution in [0.4, 0.5) is 0 Å². The molecule has 2 heterocycles. The summed E-state index contributed by atoms with van der Waals surface area (Å²) in [5, 5.41) is 5.42. The van der Waals surface area contributed by atoms with E-state index in [2.05, 4.69) is 11.4 Å². The van der Waals surface area contributed by atoms with Crippen LogP contribution in [-0.2, 0) is 11.3 Å². The molecule has 1 aliphatic rings. The monoisotopic (exact) mass is 252 g/mol. The number of hydrogen-bond acceptors (Lipinski definition) is 3. The molecule has 17 heavy (non-hydrogen) atoms. The van der Waals surface area contributed by atoms with Crippen molar-refractivity contribution in [2.45, 2.75) is 38.3 Å². The van der Waals surface area contributed by atoms with Gasteiger partial charge >= 0.3 is 0 Å². The third kappa shape index (κ3) is 2.87. The second kappa shape index (κ2) is 5.19. The maximum Gasteiger partial charge on any atom is 0.242 e. The number of carbonyl (C=O) groups is 1. The minimum atomic E-state index is -0.357. The van der Waals surface area contributed by atoms with Crippen molar-refractivity contribution in [3.05, 3.63) is 22.4 Å². The Hall–Kier alpha value is -0.870. The Labute approximate surface area is 107 Å². The summed E-state index contributed by atoms with van der Waals surface area (Å²) in [6.07, 6.45) is 3.26. The first-order valence-corrected chi connectivity index (χ1v) is 7.03. The van der Waals surface area contributed by atoms with Crippen molar-refractivity contribution in [3.63, 3.8) is 0 Å². The average Bonchev–Trinajstić information content (AvgIpc) is 2.81. The molecule has 1 N–H and O–H groups in total. The molecule has 1 saturated heterocycles. The van der Waals surface area contributed by atoms with Crippen LogP contribution in [0, 0.1) is 0 Å². The van der Waals surface area contributed by atoms with E-state index in [9.17, 15) is 4.79 Å². The van der Waals surface area contributed by atoms with Crippen LogP contribution in [0.25, 0.3) is 0 Å². The summed E-state index contributed by atoms with van der Waals surface area (Å²) < 4.78 is 0. The molecule has 0 saturated carbocycles. The van der Waals surface area contributed by atoms with Crippen LogP contribution in [0.3, 0.4) is 0 Å². The van der Waals surface area contributed by atoms with Gasteiger partial charge in [-0.15, -0.1) is 11.3 Å². The molecule has 1 aromatic heterocycles. The van der Waals surface area contributed by atoms with E-state index < -0.39 is 0 Å². The quantitative estimate of drug-likeness (QED) is 0.895. The van der Waals surface area contributed by atoms with Gasteiger partial charge in [0, 0.05) is 11.9 Å². The van der Waals surface area contributed by atoms with E-state index >= 15 is 0 Å². The van der Waals surface area contributed by atoms with Gasteiger partial charge in [0.25, 0.3) is 0 Å². The van der Waals surface area contributed by atoms with E-state index in [1.807, 2.05) is 30.3 Å². The summed E-state index contributed by atoms with van der Waals surface area (Å²) >= 11 is 1.70. The highest BCUT2D eigenvalue weighted by molar-refractivity contribution is 7.09. The zero-order chi connectivity index (χ0) is 12.3. The van der Waals surface area contributed by atoms with Crippen LogP contribution in [0.15, 0.2) is 17.5 Å². The van der Waals surface area contributed by atoms with Crippen LogP contribution in [0.5, 0.6) is 0 Å². The van der Waals surface area contributed by atoms with Gasteiger partial charge in [-0.1, -0.05) is 6.07 Å². The van der Waals surface area contributed by atoms with Gasteiger partial charge in [0.15, 0.2) is 0 Å². The van der Waals surface area contributed by atoms with Gasteiger partial charge in [-0.2, -0.15) is 0 Å². The van der Waals surface area contributed by atoms with E-state index in [-0.39, 0.29) is 11.4 Å². The smallest absolute Gasteiger partial charge is 0.242 e. The van der Waals surface area contributed by atoms with Crippen molar-refractivity contribution in [1.82, 2.24) is 10.2 Å². The lowest BCUT2D eigenvalue weighted by Crippen LogP contribution is -2.56. The second-order valence-corrected chi connectivity index (χ2v) is 5.99. The number of piperidine rings is 1. The van der Waals surface area contributed by atoms with Gasteiger partial charge in [-0.3, -0.25) is 4.79 Å². The first-order valence-electron chi connectivity index (χ1n) is 6.15. The van der Waals surface area contributed by atoms with Crippen LogP contribution < -0.4 is 5.32 Å². The molecule has 94 valence electrons. The first-order chi connectivity index (χ1) is 8.12. The molecule has 1 atom stereocenters. The number of thiophene rings is 1. The molecule has 1 aliphatic heterocycles.